The minimum atomic E-state index is -0.527. The van der Waals surface area contributed by atoms with E-state index in [1.807, 2.05) is 30.4 Å². The number of benzene rings is 1. The Morgan fingerprint density at radius 1 is 1.32 bits per heavy atom. The lowest BCUT2D eigenvalue weighted by Crippen LogP contribution is -2.49. The fourth-order valence-corrected chi connectivity index (χ4v) is 1.85. The molecule has 0 atom stereocenters. The predicted molar refractivity (Wildman–Crippen MR) is 70.5 cm³/mol. The smallest absolute Gasteiger partial charge is 0.409 e. The summed E-state index contributed by atoms with van der Waals surface area (Å²) in [7, 11) is 0. The molecule has 1 heterocycles. The first-order chi connectivity index (χ1) is 9.31. The normalized spacial score (nSPS) is 17.5. The third-order valence-electron chi connectivity index (χ3n) is 2.94. The Morgan fingerprint density at radius 3 is 2.84 bits per heavy atom. The van der Waals surface area contributed by atoms with Gasteiger partial charge in [0.1, 0.15) is 5.75 Å². The highest BCUT2D eigenvalue weighted by molar-refractivity contribution is 5.69. The van der Waals surface area contributed by atoms with Gasteiger partial charge in [0.25, 0.3) is 0 Å². The van der Waals surface area contributed by atoms with E-state index in [4.69, 9.17) is 4.74 Å². The minimum absolute atomic E-state index is 0.513. The molecule has 98 valence electrons. The number of carbonyl (C=O) groups is 1. The first-order valence-corrected chi connectivity index (χ1v) is 6.29. The zero-order valence-electron chi connectivity index (χ0n) is 10.4. The largest absolute Gasteiger partial charge is 0.433 e. The van der Waals surface area contributed by atoms with Gasteiger partial charge < -0.3 is 4.74 Å². The molecule has 1 aliphatic carbocycles. The molecule has 0 radical (unpaired) electrons. The molecular weight excluding hydrogens is 242 g/mol. The molecule has 1 amide bonds. The highest BCUT2D eigenvalue weighted by Gasteiger charge is 2.27. The summed E-state index contributed by atoms with van der Waals surface area (Å²) in [5.74, 6) is 1.11. The van der Waals surface area contributed by atoms with Crippen LogP contribution >= 0.6 is 0 Å². The van der Waals surface area contributed by atoms with E-state index in [0.29, 0.717) is 11.7 Å². The molecule has 0 bridgehead atoms. The standard InChI is InChI=1S/C14H15N3O2/c18-14(19-12-5-2-1-3-6-12)16-17-10-4-7-13(15-17)11-8-9-11/h1-7,10-11,15H,8-9H2,(H,16,18). The second-order valence-electron chi connectivity index (χ2n) is 4.53. The maximum Gasteiger partial charge on any atom is 0.433 e. The Hall–Kier alpha value is -2.43. The molecule has 5 heteroatoms. The van der Waals surface area contributed by atoms with Gasteiger partial charge in [-0.1, -0.05) is 18.2 Å². The van der Waals surface area contributed by atoms with Crippen LogP contribution in [0.5, 0.6) is 5.75 Å². The van der Waals surface area contributed by atoms with Crippen molar-refractivity contribution >= 4 is 6.09 Å². The number of hydrogen-bond acceptors (Lipinski definition) is 4. The molecule has 1 saturated carbocycles. The van der Waals surface area contributed by atoms with Crippen molar-refractivity contribution < 1.29 is 9.53 Å². The van der Waals surface area contributed by atoms with Crippen LogP contribution in [0.25, 0.3) is 0 Å². The van der Waals surface area contributed by atoms with Gasteiger partial charge in [0.15, 0.2) is 0 Å². The predicted octanol–water partition coefficient (Wildman–Crippen LogP) is 2.32. The summed E-state index contributed by atoms with van der Waals surface area (Å²) in [4.78, 5) is 11.7. The van der Waals surface area contributed by atoms with Crippen LogP contribution in [0.2, 0.25) is 0 Å². The van der Waals surface area contributed by atoms with E-state index in [1.54, 1.807) is 18.3 Å². The zero-order chi connectivity index (χ0) is 13.1. The van der Waals surface area contributed by atoms with Crippen LogP contribution in [0.15, 0.2) is 54.4 Å². The van der Waals surface area contributed by atoms with Crippen LogP contribution < -0.4 is 15.6 Å². The van der Waals surface area contributed by atoms with Crippen LogP contribution in [0, 0.1) is 5.92 Å². The molecule has 19 heavy (non-hydrogen) atoms. The number of para-hydroxylation sites is 1. The van der Waals surface area contributed by atoms with Gasteiger partial charge in [0.05, 0.1) is 0 Å². The molecule has 1 aliphatic heterocycles. The number of carbonyl (C=O) groups excluding carboxylic acids is 1. The van der Waals surface area contributed by atoms with Gasteiger partial charge in [0, 0.05) is 17.8 Å². The topological polar surface area (TPSA) is 53.6 Å². The Balaban J connectivity index is 1.53. The summed E-state index contributed by atoms with van der Waals surface area (Å²) >= 11 is 0. The van der Waals surface area contributed by atoms with Crippen molar-refractivity contribution in [1.29, 1.82) is 0 Å². The Morgan fingerprint density at radius 2 is 2.11 bits per heavy atom. The van der Waals surface area contributed by atoms with Crippen molar-refractivity contribution in [3.63, 3.8) is 0 Å². The van der Waals surface area contributed by atoms with Gasteiger partial charge >= 0.3 is 6.09 Å². The van der Waals surface area contributed by atoms with Crippen LogP contribution in [-0.2, 0) is 0 Å². The van der Waals surface area contributed by atoms with Gasteiger partial charge in [-0.3, -0.25) is 5.43 Å². The van der Waals surface area contributed by atoms with Crippen LogP contribution in [0.1, 0.15) is 12.8 Å². The van der Waals surface area contributed by atoms with Crippen LogP contribution in [0.4, 0.5) is 4.79 Å². The van der Waals surface area contributed by atoms with E-state index in [2.05, 4.69) is 10.9 Å². The van der Waals surface area contributed by atoms with Crippen molar-refractivity contribution in [3.05, 3.63) is 54.4 Å². The number of nitrogens with one attached hydrogen (secondary N) is 2. The summed E-state index contributed by atoms with van der Waals surface area (Å²) < 4.78 is 5.14. The second kappa shape index (κ2) is 5.06. The van der Waals surface area contributed by atoms with E-state index in [0.717, 1.165) is 5.70 Å². The number of nitrogens with zero attached hydrogens (tertiary/aromatic N) is 1. The van der Waals surface area contributed by atoms with Crippen molar-refractivity contribution in [2.75, 3.05) is 0 Å². The maximum absolute atomic E-state index is 11.7. The zero-order valence-corrected chi connectivity index (χ0v) is 10.4. The van der Waals surface area contributed by atoms with Crippen molar-refractivity contribution in [2.24, 2.45) is 5.92 Å². The molecule has 0 aromatic heterocycles. The van der Waals surface area contributed by atoms with Crippen LogP contribution in [0.3, 0.4) is 0 Å². The van der Waals surface area contributed by atoms with Gasteiger partial charge in [-0.05, 0) is 37.1 Å². The number of ether oxygens (including phenoxy) is 1. The number of hydrazine groups is 2. The Bertz CT molecular complexity index is 521. The minimum Gasteiger partial charge on any atom is -0.409 e. The van der Waals surface area contributed by atoms with Crippen molar-refractivity contribution in [1.82, 2.24) is 16.0 Å². The monoisotopic (exact) mass is 257 g/mol. The molecular formula is C14H15N3O2. The molecule has 1 fully saturated rings. The van der Waals surface area contributed by atoms with E-state index < -0.39 is 6.09 Å². The van der Waals surface area contributed by atoms with Gasteiger partial charge in [0.2, 0.25) is 0 Å². The fourth-order valence-electron chi connectivity index (χ4n) is 1.85. The summed E-state index contributed by atoms with van der Waals surface area (Å²) in [6.45, 7) is 0. The Kier molecular flexibility index (Phi) is 3.10. The van der Waals surface area contributed by atoms with Crippen LogP contribution in [-0.4, -0.2) is 11.2 Å². The molecule has 1 aromatic carbocycles. The van der Waals surface area contributed by atoms with E-state index in [1.165, 1.54) is 18.0 Å². The summed E-state index contributed by atoms with van der Waals surface area (Å²) in [5.41, 5.74) is 6.87. The lowest BCUT2D eigenvalue weighted by Gasteiger charge is -2.26. The SMILES string of the molecule is O=C(NN1C=CC=C(C2CC2)N1)Oc1ccccc1. The summed E-state index contributed by atoms with van der Waals surface area (Å²) in [6, 6.07) is 8.96. The maximum atomic E-state index is 11.7. The molecule has 3 rings (SSSR count). The number of rotatable bonds is 3. The van der Waals surface area contributed by atoms with Gasteiger partial charge in [-0.2, -0.15) is 5.12 Å². The lowest BCUT2D eigenvalue weighted by molar-refractivity contribution is 0.150. The molecule has 1 aromatic rings. The fraction of sp³-hybridized carbons (Fsp3) is 0.214. The average Bonchev–Trinajstić information content (AvgIpc) is 3.24. The quantitative estimate of drug-likeness (QED) is 0.872. The number of hydrogen-bond donors (Lipinski definition) is 2. The average molecular weight is 257 g/mol. The van der Waals surface area contributed by atoms with E-state index in [9.17, 15) is 4.79 Å². The van der Waals surface area contributed by atoms with E-state index >= 15 is 0 Å². The lowest BCUT2D eigenvalue weighted by atomic mass is 10.2. The highest BCUT2D eigenvalue weighted by Crippen LogP contribution is 2.35. The third kappa shape index (κ3) is 3.07. The third-order valence-corrected chi connectivity index (χ3v) is 2.94. The van der Waals surface area contributed by atoms with E-state index in [-0.39, 0.29) is 0 Å². The first kappa shape index (κ1) is 11.6. The van der Waals surface area contributed by atoms with Crippen molar-refractivity contribution in [2.45, 2.75) is 12.8 Å². The second-order valence-corrected chi connectivity index (χ2v) is 4.53. The molecule has 0 unspecified atom stereocenters. The first-order valence-electron chi connectivity index (χ1n) is 6.29. The molecule has 2 N–H and O–H groups in total. The molecule has 5 nitrogen and oxygen atoms in total. The summed E-state index contributed by atoms with van der Waals surface area (Å²) in [5, 5.41) is 1.51. The number of allylic oxidation sites excluding steroid dienone is 3. The molecule has 0 spiro atoms. The number of amides is 1. The molecule has 0 saturated heterocycles. The highest BCUT2D eigenvalue weighted by atomic mass is 16.6. The van der Waals surface area contributed by atoms with Gasteiger partial charge in [-0.15, -0.1) is 0 Å². The molecule has 2 aliphatic rings. The van der Waals surface area contributed by atoms with Gasteiger partial charge in [-0.25, -0.2) is 10.2 Å². The van der Waals surface area contributed by atoms with Crippen molar-refractivity contribution in [3.8, 4) is 5.75 Å². The Labute approximate surface area is 111 Å². The summed E-state index contributed by atoms with van der Waals surface area (Å²) in [6.07, 6.45) is 7.54.